The van der Waals surface area contributed by atoms with E-state index in [1.807, 2.05) is 36.4 Å². The van der Waals surface area contributed by atoms with Crippen molar-refractivity contribution in [3.8, 4) is 28.3 Å². The quantitative estimate of drug-likeness (QED) is 0.388. The van der Waals surface area contributed by atoms with Crippen LogP contribution < -0.4 is 4.74 Å². The molecular weight excluding hydrogens is 398 g/mol. The topological polar surface area (TPSA) is 76.6 Å². The SMILES string of the molecule is CCc1cc(OCCc2ccc(-c3ccccc3-c3nn[nH]n3)cc2)c2ccccc2n1. The van der Waals surface area contributed by atoms with Gasteiger partial charge in [-0.15, -0.1) is 10.2 Å². The Morgan fingerprint density at radius 2 is 1.66 bits per heavy atom. The van der Waals surface area contributed by atoms with Crippen LogP contribution in [0.25, 0.3) is 33.4 Å². The van der Waals surface area contributed by atoms with Gasteiger partial charge >= 0.3 is 0 Å². The molecule has 0 bridgehead atoms. The Kier molecular flexibility index (Phi) is 5.58. The molecule has 0 amide bonds. The fourth-order valence-electron chi connectivity index (χ4n) is 3.83. The first-order chi connectivity index (χ1) is 15.8. The summed E-state index contributed by atoms with van der Waals surface area (Å²) in [5.74, 6) is 1.49. The highest BCUT2D eigenvalue weighted by atomic mass is 16.5. The average molecular weight is 422 g/mol. The van der Waals surface area contributed by atoms with E-state index in [4.69, 9.17) is 4.74 Å². The van der Waals surface area contributed by atoms with Crippen molar-refractivity contribution < 1.29 is 4.74 Å². The second-order valence-electron chi connectivity index (χ2n) is 7.56. The molecule has 3 aromatic carbocycles. The van der Waals surface area contributed by atoms with Gasteiger partial charge in [0.25, 0.3) is 0 Å². The molecule has 6 nitrogen and oxygen atoms in total. The molecule has 0 aliphatic heterocycles. The van der Waals surface area contributed by atoms with E-state index in [0.717, 1.165) is 51.9 Å². The highest BCUT2D eigenvalue weighted by Gasteiger charge is 2.11. The van der Waals surface area contributed by atoms with E-state index < -0.39 is 0 Å². The number of benzene rings is 3. The Hall–Kier alpha value is -4.06. The molecule has 158 valence electrons. The summed E-state index contributed by atoms with van der Waals surface area (Å²) in [5.41, 5.74) is 6.39. The Balaban J connectivity index is 1.31. The first kappa shape index (κ1) is 19.9. The summed E-state index contributed by atoms with van der Waals surface area (Å²) >= 11 is 0. The van der Waals surface area contributed by atoms with E-state index in [1.165, 1.54) is 5.56 Å². The zero-order valence-electron chi connectivity index (χ0n) is 17.8. The molecule has 32 heavy (non-hydrogen) atoms. The van der Waals surface area contributed by atoms with Gasteiger partial charge in [-0.25, -0.2) is 0 Å². The van der Waals surface area contributed by atoms with E-state index >= 15 is 0 Å². The number of rotatable bonds is 7. The normalized spacial score (nSPS) is 11.0. The molecule has 0 spiro atoms. The molecule has 0 unspecified atom stereocenters. The van der Waals surface area contributed by atoms with Crippen molar-refractivity contribution in [1.82, 2.24) is 25.6 Å². The minimum Gasteiger partial charge on any atom is -0.492 e. The van der Waals surface area contributed by atoms with Crippen LogP contribution in [0.4, 0.5) is 0 Å². The largest absolute Gasteiger partial charge is 0.492 e. The predicted octanol–water partition coefficient (Wildman–Crippen LogP) is 5.27. The molecule has 0 fully saturated rings. The lowest BCUT2D eigenvalue weighted by atomic mass is 9.98. The highest BCUT2D eigenvalue weighted by Crippen LogP contribution is 2.30. The van der Waals surface area contributed by atoms with Gasteiger partial charge in [-0.1, -0.05) is 67.6 Å². The van der Waals surface area contributed by atoms with Crippen LogP contribution in [-0.2, 0) is 12.8 Å². The fourth-order valence-corrected chi connectivity index (χ4v) is 3.83. The lowest BCUT2D eigenvalue weighted by Crippen LogP contribution is -2.03. The third kappa shape index (κ3) is 4.07. The number of hydrogen-bond acceptors (Lipinski definition) is 5. The van der Waals surface area contributed by atoms with Crippen molar-refractivity contribution in [3.63, 3.8) is 0 Å². The van der Waals surface area contributed by atoms with E-state index in [9.17, 15) is 0 Å². The molecule has 0 saturated heterocycles. The third-order valence-electron chi connectivity index (χ3n) is 5.52. The summed E-state index contributed by atoms with van der Waals surface area (Å²) in [4.78, 5) is 4.69. The van der Waals surface area contributed by atoms with E-state index in [2.05, 4.69) is 75.0 Å². The molecule has 1 N–H and O–H groups in total. The average Bonchev–Trinajstić information content (AvgIpc) is 3.39. The molecular formula is C26H23N5O. The summed E-state index contributed by atoms with van der Waals surface area (Å²) in [6.07, 6.45) is 1.71. The van der Waals surface area contributed by atoms with Crippen LogP contribution in [-0.4, -0.2) is 32.2 Å². The lowest BCUT2D eigenvalue weighted by Gasteiger charge is -2.12. The number of para-hydroxylation sites is 1. The number of fused-ring (bicyclic) bond motifs is 1. The van der Waals surface area contributed by atoms with Gasteiger partial charge in [0.1, 0.15) is 5.75 Å². The summed E-state index contributed by atoms with van der Waals surface area (Å²) < 4.78 is 6.18. The molecule has 0 aliphatic carbocycles. The molecule has 2 aromatic heterocycles. The van der Waals surface area contributed by atoms with Crippen LogP contribution in [0, 0.1) is 0 Å². The number of nitrogens with one attached hydrogen (secondary N) is 1. The van der Waals surface area contributed by atoms with Crippen molar-refractivity contribution in [3.05, 3.63) is 90.1 Å². The molecule has 5 aromatic rings. The molecule has 0 aliphatic rings. The highest BCUT2D eigenvalue weighted by molar-refractivity contribution is 5.85. The third-order valence-corrected chi connectivity index (χ3v) is 5.52. The molecule has 2 heterocycles. The summed E-state index contributed by atoms with van der Waals surface area (Å²) in [5, 5.41) is 15.5. The monoisotopic (exact) mass is 421 g/mol. The van der Waals surface area contributed by atoms with Gasteiger partial charge in [0.05, 0.1) is 12.1 Å². The molecule has 0 atom stereocenters. The van der Waals surface area contributed by atoms with Gasteiger partial charge in [-0.2, -0.15) is 5.21 Å². The summed E-state index contributed by atoms with van der Waals surface area (Å²) in [7, 11) is 0. The van der Waals surface area contributed by atoms with E-state index in [-0.39, 0.29) is 0 Å². The second-order valence-corrected chi connectivity index (χ2v) is 7.56. The van der Waals surface area contributed by atoms with Crippen LogP contribution in [0.2, 0.25) is 0 Å². The molecule has 5 rings (SSSR count). The lowest BCUT2D eigenvalue weighted by molar-refractivity contribution is 0.325. The number of H-pyrrole nitrogens is 1. The molecule has 0 radical (unpaired) electrons. The zero-order valence-corrected chi connectivity index (χ0v) is 17.8. The number of ether oxygens (including phenoxy) is 1. The van der Waals surface area contributed by atoms with Crippen molar-refractivity contribution >= 4 is 10.9 Å². The Bertz CT molecular complexity index is 1330. The van der Waals surface area contributed by atoms with Crippen molar-refractivity contribution in [2.75, 3.05) is 6.61 Å². The van der Waals surface area contributed by atoms with Crippen molar-refractivity contribution in [1.29, 1.82) is 0 Å². The van der Waals surface area contributed by atoms with Crippen molar-refractivity contribution in [2.24, 2.45) is 0 Å². The van der Waals surface area contributed by atoms with Gasteiger partial charge in [-0.3, -0.25) is 4.98 Å². The predicted molar refractivity (Wildman–Crippen MR) is 125 cm³/mol. The molecule has 6 heteroatoms. The number of tetrazole rings is 1. The smallest absolute Gasteiger partial charge is 0.205 e. The Morgan fingerprint density at radius 1 is 0.875 bits per heavy atom. The summed E-state index contributed by atoms with van der Waals surface area (Å²) in [6.45, 7) is 2.72. The minimum atomic E-state index is 0.592. The van der Waals surface area contributed by atoms with Gasteiger partial charge in [-0.05, 0) is 40.5 Å². The van der Waals surface area contributed by atoms with Crippen LogP contribution in [0.3, 0.4) is 0 Å². The van der Waals surface area contributed by atoms with Gasteiger partial charge in [0, 0.05) is 29.1 Å². The zero-order chi connectivity index (χ0) is 21.8. The van der Waals surface area contributed by atoms with Crippen molar-refractivity contribution in [2.45, 2.75) is 19.8 Å². The number of aromatic nitrogens is 5. The number of pyridine rings is 1. The van der Waals surface area contributed by atoms with E-state index in [0.29, 0.717) is 12.4 Å². The number of aromatic amines is 1. The van der Waals surface area contributed by atoms with Crippen LogP contribution in [0.15, 0.2) is 78.9 Å². The Labute approximate surface area is 186 Å². The van der Waals surface area contributed by atoms with Gasteiger partial charge in [0.15, 0.2) is 0 Å². The Morgan fingerprint density at radius 3 is 2.44 bits per heavy atom. The minimum absolute atomic E-state index is 0.592. The first-order valence-electron chi connectivity index (χ1n) is 10.8. The maximum absolute atomic E-state index is 6.18. The van der Waals surface area contributed by atoms with Gasteiger partial charge in [0.2, 0.25) is 5.82 Å². The van der Waals surface area contributed by atoms with E-state index in [1.54, 1.807) is 0 Å². The number of aryl methyl sites for hydroxylation is 1. The summed E-state index contributed by atoms with van der Waals surface area (Å²) in [6, 6.07) is 26.8. The van der Waals surface area contributed by atoms with Gasteiger partial charge < -0.3 is 4.74 Å². The van der Waals surface area contributed by atoms with Crippen LogP contribution in [0.1, 0.15) is 18.2 Å². The maximum Gasteiger partial charge on any atom is 0.205 e. The fraction of sp³-hybridized carbons (Fsp3) is 0.154. The number of nitrogens with zero attached hydrogens (tertiary/aromatic N) is 4. The number of hydrogen-bond donors (Lipinski definition) is 1. The van der Waals surface area contributed by atoms with Crippen LogP contribution in [0.5, 0.6) is 5.75 Å². The van der Waals surface area contributed by atoms with Crippen LogP contribution >= 0.6 is 0 Å². The standard InChI is InChI=1S/C26H23N5O/c1-2-20-17-25(23-9-5-6-10-24(23)27-20)32-16-15-18-11-13-19(14-12-18)21-7-3-4-8-22(21)26-28-30-31-29-26/h3-14,17H,2,15-16H2,1H3,(H,28,29,30,31). The maximum atomic E-state index is 6.18. The second kappa shape index (κ2) is 8.98. The molecule has 0 saturated carbocycles. The first-order valence-corrected chi connectivity index (χ1v) is 10.8.